The van der Waals surface area contributed by atoms with Crippen molar-refractivity contribution >= 4 is 10.9 Å². The predicted molar refractivity (Wildman–Crippen MR) is 93.1 cm³/mol. The topological polar surface area (TPSA) is 55.0 Å². The minimum Gasteiger partial charge on any atom is -0.325 e. The van der Waals surface area contributed by atoms with Crippen LogP contribution in [-0.2, 0) is 6.54 Å². The summed E-state index contributed by atoms with van der Waals surface area (Å²) < 4.78 is 0. The second-order valence-corrected chi connectivity index (χ2v) is 6.31. The van der Waals surface area contributed by atoms with E-state index in [1.54, 1.807) is 0 Å². The van der Waals surface area contributed by atoms with Gasteiger partial charge in [-0.1, -0.05) is 18.2 Å². The van der Waals surface area contributed by atoms with E-state index in [4.69, 9.17) is 10.7 Å². The minimum absolute atomic E-state index is 0.437. The molecule has 0 unspecified atom stereocenters. The molecule has 4 heteroatoms. The molecule has 4 rings (SSSR count). The maximum absolute atomic E-state index is 5.68. The number of hydrogen-bond donors (Lipinski definition) is 1. The number of nitrogens with zero attached hydrogens (tertiary/aromatic N) is 3. The van der Waals surface area contributed by atoms with Gasteiger partial charge in [0.25, 0.3) is 0 Å². The van der Waals surface area contributed by atoms with E-state index in [9.17, 15) is 0 Å². The molecular weight excluding hydrogens is 284 g/mol. The van der Waals surface area contributed by atoms with Gasteiger partial charge in [-0.15, -0.1) is 0 Å². The van der Waals surface area contributed by atoms with Crippen molar-refractivity contribution in [2.24, 2.45) is 5.73 Å². The molecule has 0 saturated carbocycles. The highest BCUT2D eigenvalue weighted by atomic mass is 15.2. The molecule has 23 heavy (non-hydrogen) atoms. The van der Waals surface area contributed by atoms with Crippen LogP contribution in [0.4, 0.5) is 0 Å². The van der Waals surface area contributed by atoms with Crippen molar-refractivity contribution < 1.29 is 0 Å². The maximum Gasteiger partial charge on any atom is 0.0743 e. The van der Waals surface area contributed by atoms with Gasteiger partial charge in [0.15, 0.2) is 0 Å². The molecule has 3 aromatic rings. The van der Waals surface area contributed by atoms with Gasteiger partial charge in [-0.2, -0.15) is 0 Å². The van der Waals surface area contributed by atoms with E-state index in [-0.39, 0.29) is 0 Å². The van der Waals surface area contributed by atoms with Crippen LogP contribution in [0.5, 0.6) is 0 Å². The van der Waals surface area contributed by atoms with E-state index in [1.165, 1.54) is 11.1 Å². The van der Waals surface area contributed by atoms with Gasteiger partial charge >= 0.3 is 0 Å². The zero-order chi connectivity index (χ0) is 15.8. The van der Waals surface area contributed by atoms with E-state index in [1.807, 2.05) is 12.3 Å². The first-order valence-electron chi connectivity index (χ1n) is 7.97. The second kappa shape index (κ2) is 5.72. The van der Waals surface area contributed by atoms with Gasteiger partial charge in [0, 0.05) is 42.7 Å². The third kappa shape index (κ3) is 2.71. The Morgan fingerprint density at radius 2 is 2.04 bits per heavy atom. The Balaban J connectivity index is 1.72. The number of aromatic nitrogens is 2. The Morgan fingerprint density at radius 1 is 1.17 bits per heavy atom. The zero-order valence-corrected chi connectivity index (χ0v) is 13.2. The lowest BCUT2D eigenvalue weighted by molar-refractivity contribution is 0.190. The zero-order valence-electron chi connectivity index (χ0n) is 13.2. The quantitative estimate of drug-likeness (QED) is 0.808. The summed E-state index contributed by atoms with van der Waals surface area (Å²) in [4.78, 5) is 11.5. The summed E-state index contributed by atoms with van der Waals surface area (Å²) in [5, 5.41) is 1.04. The van der Waals surface area contributed by atoms with E-state index in [2.05, 4.69) is 53.3 Å². The number of rotatable bonds is 3. The number of likely N-dealkylation sites (N-methyl/N-ethyl adjacent to an activating group) is 1. The lowest BCUT2D eigenvalue weighted by Gasteiger charge is -2.36. The third-order valence-electron chi connectivity index (χ3n) is 4.56. The molecular formula is C19H20N4. The Morgan fingerprint density at radius 3 is 2.83 bits per heavy atom. The molecule has 4 nitrogen and oxygen atoms in total. The van der Waals surface area contributed by atoms with Crippen LogP contribution in [0.1, 0.15) is 17.2 Å². The molecule has 0 spiro atoms. The fourth-order valence-electron chi connectivity index (χ4n) is 3.19. The summed E-state index contributed by atoms with van der Waals surface area (Å²) in [7, 11) is 2.16. The second-order valence-electron chi connectivity index (χ2n) is 6.31. The van der Waals surface area contributed by atoms with Crippen molar-refractivity contribution in [1.29, 1.82) is 0 Å². The normalized spacial score (nSPS) is 15.7. The molecule has 2 N–H and O–H groups in total. The molecule has 0 radical (unpaired) electrons. The molecule has 0 bridgehead atoms. The maximum atomic E-state index is 5.68. The summed E-state index contributed by atoms with van der Waals surface area (Å²) in [5.74, 6) is 0.647. The van der Waals surface area contributed by atoms with Gasteiger partial charge in [0.2, 0.25) is 0 Å². The van der Waals surface area contributed by atoms with Crippen molar-refractivity contribution in [1.82, 2.24) is 14.9 Å². The van der Waals surface area contributed by atoms with Gasteiger partial charge in [0.05, 0.1) is 16.9 Å². The summed E-state index contributed by atoms with van der Waals surface area (Å²) in [5.41, 5.74) is 11.1. The highest BCUT2D eigenvalue weighted by Crippen LogP contribution is 2.29. The SMILES string of the molecule is CN1CC(c2cccc(-c3ccc4cnc(CN)cc4n3)c2)C1. The van der Waals surface area contributed by atoms with Crippen molar-refractivity contribution in [2.45, 2.75) is 12.5 Å². The summed E-state index contributed by atoms with van der Waals surface area (Å²) in [6, 6.07) is 14.9. The number of hydrogen-bond acceptors (Lipinski definition) is 4. The first kappa shape index (κ1) is 14.3. The fourth-order valence-corrected chi connectivity index (χ4v) is 3.19. The largest absolute Gasteiger partial charge is 0.325 e. The number of pyridine rings is 2. The number of benzene rings is 1. The summed E-state index contributed by atoms with van der Waals surface area (Å²) >= 11 is 0. The molecule has 116 valence electrons. The van der Waals surface area contributed by atoms with Crippen LogP contribution < -0.4 is 5.73 Å². The average Bonchev–Trinajstić information content (AvgIpc) is 2.58. The van der Waals surface area contributed by atoms with Gasteiger partial charge in [-0.25, -0.2) is 4.98 Å². The monoisotopic (exact) mass is 304 g/mol. The fraction of sp³-hybridized carbons (Fsp3) is 0.263. The van der Waals surface area contributed by atoms with E-state index in [0.717, 1.165) is 35.4 Å². The van der Waals surface area contributed by atoms with E-state index < -0.39 is 0 Å². The van der Waals surface area contributed by atoms with Crippen molar-refractivity contribution in [3.8, 4) is 11.3 Å². The molecule has 1 saturated heterocycles. The van der Waals surface area contributed by atoms with E-state index >= 15 is 0 Å². The molecule has 2 aromatic heterocycles. The van der Waals surface area contributed by atoms with Crippen LogP contribution in [0.3, 0.4) is 0 Å². The Bertz CT molecular complexity index is 853. The van der Waals surface area contributed by atoms with Gasteiger partial charge in [-0.05, 0) is 36.9 Å². The minimum atomic E-state index is 0.437. The van der Waals surface area contributed by atoms with Gasteiger partial charge < -0.3 is 10.6 Å². The molecule has 0 aliphatic carbocycles. The summed E-state index contributed by atoms with van der Waals surface area (Å²) in [6.07, 6.45) is 1.84. The Labute approximate surface area is 136 Å². The molecule has 1 aromatic carbocycles. The molecule has 1 fully saturated rings. The molecule has 0 amide bonds. The molecule has 1 aliphatic rings. The van der Waals surface area contributed by atoms with Crippen LogP contribution in [0.25, 0.3) is 22.2 Å². The number of likely N-dealkylation sites (tertiary alicyclic amines) is 1. The average molecular weight is 304 g/mol. The number of fused-ring (bicyclic) bond motifs is 1. The number of nitrogens with two attached hydrogens (primary N) is 1. The standard InChI is InChI=1S/C19H20N4/c1-23-11-16(12-23)13-3-2-4-14(7-13)18-6-5-15-10-21-17(9-20)8-19(15)22-18/h2-8,10,16H,9,11-12,20H2,1H3. The van der Waals surface area contributed by atoms with Crippen molar-refractivity contribution in [3.05, 3.63) is 59.9 Å². The lowest BCUT2D eigenvalue weighted by Crippen LogP contribution is -2.41. The van der Waals surface area contributed by atoms with Crippen LogP contribution >= 0.6 is 0 Å². The van der Waals surface area contributed by atoms with Crippen LogP contribution in [0.15, 0.2) is 48.7 Å². The van der Waals surface area contributed by atoms with E-state index in [0.29, 0.717) is 12.5 Å². The van der Waals surface area contributed by atoms with Crippen LogP contribution in [-0.4, -0.2) is 35.0 Å². The van der Waals surface area contributed by atoms with Gasteiger partial charge in [-0.3, -0.25) is 4.98 Å². The first-order valence-corrected chi connectivity index (χ1v) is 7.97. The smallest absolute Gasteiger partial charge is 0.0743 e. The molecule has 3 heterocycles. The van der Waals surface area contributed by atoms with Crippen molar-refractivity contribution in [2.75, 3.05) is 20.1 Å². The predicted octanol–water partition coefficient (Wildman–Crippen LogP) is 2.78. The first-order chi connectivity index (χ1) is 11.2. The molecule has 1 aliphatic heterocycles. The lowest BCUT2D eigenvalue weighted by atomic mass is 9.90. The van der Waals surface area contributed by atoms with Gasteiger partial charge in [0.1, 0.15) is 0 Å². The highest BCUT2D eigenvalue weighted by Gasteiger charge is 2.24. The Hall–Kier alpha value is -2.30. The summed E-state index contributed by atoms with van der Waals surface area (Å²) in [6.45, 7) is 2.72. The van der Waals surface area contributed by atoms with Crippen LogP contribution in [0.2, 0.25) is 0 Å². The van der Waals surface area contributed by atoms with Crippen molar-refractivity contribution in [3.63, 3.8) is 0 Å². The third-order valence-corrected chi connectivity index (χ3v) is 4.56. The van der Waals surface area contributed by atoms with Crippen LogP contribution in [0, 0.1) is 0 Å². The highest BCUT2D eigenvalue weighted by molar-refractivity contribution is 5.81. The molecule has 0 atom stereocenters. The Kier molecular flexibility index (Phi) is 3.56.